The third-order valence-corrected chi connectivity index (χ3v) is 6.42. The Balaban J connectivity index is 0.000000161. The minimum atomic E-state index is -1.32. The second kappa shape index (κ2) is 10.7. The molecule has 0 saturated carbocycles. The molecule has 2 fully saturated rings. The molecule has 0 bridgehead atoms. The molecule has 8 atom stereocenters. The van der Waals surface area contributed by atoms with E-state index in [0.717, 1.165) is 0 Å². The van der Waals surface area contributed by atoms with Crippen molar-refractivity contribution in [3.05, 3.63) is 24.8 Å². The summed E-state index contributed by atoms with van der Waals surface area (Å²) in [6.07, 6.45) is -8.77. The SMILES string of the molecule is Nc1nc(F)nc2c1ncn2[C@@H]1O[C@H](CO)[C@@H](O)[C@@H]1O.Nc1nc(F)nc2c1ncn2[C@@H]1O[C@H](CO)[C@@H](O)[C@@H]1O. The number of hydrogen-bond donors (Lipinski definition) is 8. The average molecular weight is 570 g/mol. The Morgan fingerprint density at radius 1 is 0.675 bits per heavy atom. The average Bonchev–Trinajstić information content (AvgIpc) is 3.66. The summed E-state index contributed by atoms with van der Waals surface area (Å²) in [5.74, 6) is -0.281. The minimum absolute atomic E-state index is 0.0323. The van der Waals surface area contributed by atoms with Gasteiger partial charge in [0.25, 0.3) is 0 Å². The summed E-state index contributed by atoms with van der Waals surface area (Å²) >= 11 is 0. The number of nitrogens with zero attached hydrogens (tertiary/aromatic N) is 8. The predicted molar refractivity (Wildman–Crippen MR) is 125 cm³/mol. The van der Waals surface area contributed by atoms with Crippen molar-refractivity contribution in [2.24, 2.45) is 0 Å². The number of imidazole rings is 2. The zero-order valence-corrected chi connectivity index (χ0v) is 20.2. The smallest absolute Gasteiger partial charge is 0.312 e. The van der Waals surface area contributed by atoms with E-state index in [4.69, 9.17) is 31.2 Å². The molecule has 2 aliphatic heterocycles. The number of aliphatic hydroxyl groups excluding tert-OH is 6. The summed E-state index contributed by atoms with van der Waals surface area (Å²) in [7, 11) is 0. The molecule has 0 spiro atoms. The molecule has 2 aliphatic rings. The van der Waals surface area contributed by atoms with Crippen molar-refractivity contribution in [3.8, 4) is 0 Å². The van der Waals surface area contributed by atoms with Crippen molar-refractivity contribution in [1.82, 2.24) is 39.0 Å². The van der Waals surface area contributed by atoms with Crippen molar-refractivity contribution in [1.29, 1.82) is 0 Å². The van der Waals surface area contributed by atoms with Gasteiger partial charge in [0.1, 0.15) is 36.6 Å². The first-order chi connectivity index (χ1) is 19.0. The third kappa shape index (κ3) is 4.65. The first-order valence-corrected chi connectivity index (χ1v) is 11.6. The Morgan fingerprint density at radius 2 is 1.05 bits per heavy atom. The highest BCUT2D eigenvalue weighted by Crippen LogP contribution is 2.33. The van der Waals surface area contributed by atoms with Crippen LogP contribution in [-0.2, 0) is 9.47 Å². The number of nitrogen functional groups attached to an aromatic ring is 2. The van der Waals surface area contributed by atoms with E-state index in [9.17, 15) is 29.2 Å². The van der Waals surface area contributed by atoms with Crippen molar-refractivity contribution in [2.75, 3.05) is 24.7 Å². The van der Waals surface area contributed by atoms with Crippen LogP contribution in [0, 0.1) is 12.2 Å². The van der Waals surface area contributed by atoms with Crippen LogP contribution in [0.15, 0.2) is 12.7 Å². The van der Waals surface area contributed by atoms with Gasteiger partial charge in [-0.3, -0.25) is 9.13 Å². The molecule has 10 N–H and O–H groups in total. The van der Waals surface area contributed by atoms with E-state index < -0.39 is 74.4 Å². The van der Waals surface area contributed by atoms with E-state index in [0.29, 0.717) is 0 Å². The van der Waals surface area contributed by atoms with Crippen LogP contribution in [0.1, 0.15) is 12.5 Å². The molecule has 4 aromatic rings. The van der Waals surface area contributed by atoms with Crippen LogP contribution >= 0.6 is 0 Å². The zero-order valence-electron chi connectivity index (χ0n) is 20.2. The van der Waals surface area contributed by atoms with Gasteiger partial charge in [-0.25, -0.2) is 9.97 Å². The Morgan fingerprint density at radius 3 is 1.38 bits per heavy atom. The van der Waals surface area contributed by atoms with E-state index >= 15 is 0 Å². The van der Waals surface area contributed by atoms with Gasteiger partial charge in [-0.05, 0) is 0 Å². The van der Waals surface area contributed by atoms with Crippen LogP contribution < -0.4 is 11.5 Å². The van der Waals surface area contributed by atoms with Gasteiger partial charge >= 0.3 is 12.2 Å². The first-order valence-electron chi connectivity index (χ1n) is 11.6. The third-order valence-electron chi connectivity index (χ3n) is 6.42. The summed E-state index contributed by atoms with van der Waals surface area (Å²) in [5, 5.41) is 57.4. The summed E-state index contributed by atoms with van der Waals surface area (Å²) in [5.41, 5.74) is 11.4. The summed E-state index contributed by atoms with van der Waals surface area (Å²) in [4.78, 5) is 21.6. The van der Waals surface area contributed by atoms with Crippen molar-refractivity contribution >= 4 is 34.0 Å². The van der Waals surface area contributed by atoms with E-state index in [2.05, 4.69) is 29.9 Å². The number of halogens is 2. The lowest BCUT2D eigenvalue weighted by molar-refractivity contribution is -0.0511. The molecule has 0 aliphatic carbocycles. The molecule has 6 rings (SSSR count). The first kappa shape index (κ1) is 27.8. The Kier molecular flexibility index (Phi) is 7.41. The molecule has 0 amide bonds. The van der Waals surface area contributed by atoms with E-state index in [1.807, 2.05) is 0 Å². The van der Waals surface area contributed by atoms with Crippen LogP contribution in [0.25, 0.3) is 22.3 Å². The van der Waals surface area contributed by atoms with Crippen molar-refractivity contribution < 1.29 is 48.9 Å². The normalized spacial score (nSPS) is 30.2. The highest BCUT2D eigenvalue weighted by atomic mass is 19.1. The monoisotopic (exact) mass is 570 g/mol. The van der Waals surface area contributed by atoms with Gasteiger partial charge < -0.3 is 51.6 Å². The molecule has 0 aromatic carbocycles. The lowest BCUT2D eigenvalue weighted by Crippen LogP contribution is -2.33. The van der Waals surface area contributed by atoms with Gasteiger partial charge in [0.15, 0.2) is 46.4 Å². The van der Waals surface area contributed by atoms with E-state index in [-0.39, 0.29) is 34.0 Å². The van der Waals surface area contributed by atoms with Gasteiger partial charge in [-0.2, -0.15) is 28.7 Å². The quantitative estimate of drug-likeness (QED) is 0.110. The maximum absolute atomic E-state index is 13.2. The molecule has 4 aromatic heterocycles. The van der Waals surface area contributed by atoms with Gasteiger partial charge in [-0.1, -0.05) is 0 Å². The van der Waals surface area contributed by atoms with E-state index in [1.165, 1.54) is 21.8 Å². The van der Waals surface area contributed by atoms with Crippen LogP contribution in [-0.4, -0.2) is 120 Å². The van der Waals surface area contributed by atoms with Gasteiger partial charge in [-0.15, -0.1) is 0 Å². The Labute approximate surface area is 221 Å². The van der Waals surface area contributed by atoms with Crippen molar-refractivity contribution in [2.45, 2.75) is 49.1 Å². The van der Waals surface area contributed by atoms with Crippen LogP contribution in [0.5, 0.6) is 0 Å². The standard InChI is InChI=1S/2C10H12FN5O4/c2*11-10-14-7(12)4-8(15-10)16(2-13-4)9-6(19)5(18)3(1-17)20-9/h2*2-3,5-6,9,17-19H,1H2,(H2,12,14,15)/t2*3-,5-,6+,9-/m11/s1. The molecule has 0 radical (unpaired) electrons. The van der Waals surface area contributed by atoms with Gasteiger partial charge in [0.05, 0.1) is 25.9 Å². The molecule has 2 saturated heterocycles. The molecule has 0 unspecified atom stereocenters. The number of fused-ring (bicyclic) bond motifs is 2. The molecular formula is C20H24F2N10O8. The molecule has 216 valence electrons. The Bertz CT molecular complexity index is 1410. The number of nitrogens with two attached hydrogens (primary N) is 2. The highest BCUT2D eigenvalue weighted by Gasteiger charge is 2.45. The molecule has 20 heteroatoms. The largest absolute Gasteiger partial charge is 0.394 e. The number of ether oxygens (including phenoxy) is 2. The highest BCUT2D eigenvalue weighted by molar-refractivity contribution is 5.82. The summed E-state index contributed by atoms with van der Waals surface area (Å²) < 4.78 is 39.6. The number of rotatable bonds is 4. The maximum atomic E-state index is 13.2. The maximum Gasteiger partial charge on any atom is 0.312 e. The Hall–Kier alpha value is -3.76. The fourth-order valence-corrected chi connectivity index (χ4v) is 4.41. The molecule has 18 nitrogen and oxygen atoms in total. The minimum Gasteiger partial charge on any atom is -0.394 e. The summed E-state index contributed by atoms with van der Waals surface area (Å²) in [6, 6.07) is 0. The number of aromatic nitrogens is 8. The number of hydrogen-bond acceptors (Lipinski definition) is 16. The fourth-order valence-electron chi connectivity index (χ4n) is 4.41. The second-order valence-corrected chi connectivity index (χ2v) is 8.86. The van der Waals surface area contributed by atoms with Crippen LogP contribution in [0.4, 0.5) is 20.4 Å². The molecule has 6 heterocycles. The van der Waals surface area contributed by atoms with Crippen molar-refractivity contribution in [3.63, 3.8) is 0 Å². The lowest BCUT2D eigenvalue weighted by atomic mass is 10.1. The zero-order chi connectivity index (χ0) is 28.9. The number of aliphatic hydroxyl groups is 6. The molecular weight excluding hydrogens is 546 g/mol. The van der Waals surface area contributed by atoms with Crippen LogP contribution in [0.3, 0.4) is 0 Å². The van der Waals surface area contributed by atoms with Gasteiger partial charge in [0, 0.05) is 0 Å². The fraction of sp³-hybridized carbons (Fsp3) is 0.500. The summed E-state index contributed by atoms with van der Waals surface area (Å²) in [6.45, 7) is -0.931. The topological polar surface area (TPSA) is 279 Å². The predicted octanol–water partition coefficient (Wildman–Crippen LogP) is -3.68. The van der Waals surface area contributed by atoms with Gasteiger partial charge in [0.2, 0.25) is 0 Å². The van der Waals surface area contributed by atoms with E-state index in [1.54, 1.807) is 0 Å². The lowest BCUT2D eigenvalue weighted by Gasteiger charge is -2.16. The second-order valence-electron chi connectivity index (χ2n) is 8.86. The molecule has 40 heavy (non-hydrogen) atoms. The number of anilines is 2. The van der Waals surface area contributed by atoms with Crippen LogP contribution in [0.2, 0.25) is 0 Å².